The summed E-state index contributed by atoms with van der Waals surface area (Å²) in [6.45, 7) is 1.43. The molecule has 0 bridgehead atoms. The van der Waals surface area contributed by atoms with Crippen LogP contribution in [0, 0.1) is 0 Å². The fourth-order valence-corrected chi connectivity index (χ4v) is 4.19. The highest BCUT2D eigenvalue weighted by Crippen LogP contribution is 2.20. The van der Waals surface area contributed by atoms with E-state index in [1.54, 1.807) is 0 Å². The molecule has 2 aliphatic heterocycles. The van der Waals surface area contributed by atoms with Crippen molar-refractivity contribution in [3.63, 3.8) is 0 Å². The maximum atomic E-state index is 12.4. The van der Waals surface area contributed by atoms with Gasteiger partial charge >= 0.3 is 0 Å². The largest absolute Gasteiger partial charge is 0.355 e. The van der Waals surface area contributed by atoms with Gasteiger partial charge in [0.25, 0.3) is 10.2 Å². The zero-order valence-corrected chi connectivity index (χ0v) is 12.5. The van der Waals surface area contributed by atoms with Gasteiger partial charge in [-0.3, -0.25) is 4.79 Å². The summed E-state index contributed by atoms with van der Waals surface area (Å²) < 4.78 is 28.8. The number of hydrogen-bond acceptors (Lipinski definition) is 3. The Kier molecular flexibility index (Phi) is 3.97. The molecular weight excluding hydrogens is 290 g/mol. The summed E-state index contributed by atoms with van der Waals surface area (Å²) in [6.07, 6.45) is 2.05. The number of rotatable bonds is 3. The van der Waals surface area contributed by atoms with E-state index in [0.717, 1.165) is 12.0 Å². The van der Waals surface area contributed by atoms with Crippen LogP contribution in [0.1, 0.15) is 24.0 Å². The van der Waals surface area contributed by atoms with Gasteiger partial charge in [0.1, 0.15) is 6.04 Å². The van der Waals surface area contributed by atoms with Crippen molar-refractivity contribution in [3.8, 4) is 0 Å². The molecule has 0 saturated carbocycles. The minimum Gasteiger partial charge on any atom is -0.355 e. The van der Waals surface area contributed by atoms with Crippen molar-refractivity contribution in [2.75, 3.05) is 13.1 Å². The summed E-state index contributed by atoms with van der Waals surface area (Å²) in [7, 11) is -3.64. The monoisotopic (exact) mass is 309 g/mol. The van der Waals surface area contributed by atoms with Gasteiger partial charge in [0.2, 0.25) is 5.91 Å². The maximum Gasteiger partial charge on any atom is 0.280 e. The molecule has 2 aliphatic rings. The molecule has 1 saturated heterocycles. The van der Waals surface area contributed by atoms with E-state index in [1.807, 2.05) is 24.3 Å². The number of nitrogens with one attached hydrogen (secondary N) is 2. The Balaban J connectivity index is 1.72. The molecule has 1 aromatic rings. The average molecular weight is 309 g/mol. The van der Waals surface area contributed by atoms with Crippen molar-refractivity contribution in [2.45, 2.75) is 31.8 Å². The summed E-state index contributed by atoms with van der Waals surface area (Å²) in [5.74, 6) is -0.234. The SMILES string of the molecule is O=C1NCCCC1NS(=O)(=O)N1CCc2ccccc2C1. The number of carbonyl (C=O) groups excluding carboxylic acids is 1. The van der Waals surface area contributed by atoms with Gasteiger partial charge < -0.3 is 5.32 Å². The van der Waals surface area contributed by atoms with Crippen LogP contribution in [-0.2, 0) is 28.0 Å². The number of nitrogens with zero attached hydrogens (tertiary/aromatic N) is 1. The fraction of sp³-hybridized carbons (Fsp3) is 0.500. The molecule has 1 aromatic carbocycles. The molecule has 0 aromatic heterocycles. The highest BCUT2D eigenvalue weighted by atomic mass is 32.2. The van der Waals surface area contributed by atoms with Crippen molar-refractivity contribution >= 4 is 16.1 Å². The molecular formula is C14H19N3O3S. The number of carbonyl (C=O) groups is 1. The number of piperidine rings is 1. The van der Waals surface area contributed by atoms with Crippen LogP contribution < -0.4 is 10.0 Å². The third-order valence-electron chi connectivity index (χ3n) is 4.01. The first kappa shape index (κ1) is 14.5. The second-order valence-electron chi connectivity index (χ2n) is 5.46. The summed E-state index contributed by atoms with van der Waals surface area (Å²) in [4.78, 5) is 11.7. The van der Waals surface area contributed by atoms with E-state index in [0.29, 0.717) is 32.5 Å². The fourth-order valence-electron chi connectivity index (χ4n) is 2.81. The molecule has 2 heterocycles. The van der Waals surface area contributed by atoms with Gasteiger partial charge in [-0.15, -0.1) is 0 Å². The van der Waals surface area contributed by atoms with E-state index in [2.05, 4.69) is 10.0 Å². The first-order valence-corrected chi connectivity index (χ1v) is 8.62. The van der Waals surface area contributed by atoms with Gasteiger partial charge in [0.05, 0.1) is 0 Å². The lowest BCUT2D eigenvalue weighted by atomic mass is 10.0. The van der Waals surface area contributed by atoms with E-state index in [1.165, 1.54) is 9.87 Å². The number of hydrogen-bond donors (Lipinski definition) is 2. The molecule has 0 aliphatic carbocycles. The Hall–Kier alpha value is -1.44. The van der Waals surface area contributed by atoms with Crippen LogP contribution in [0.3, 0.4) is 0 Å². The zero-order chi connectivity index (χ0) is 14.9. The van der Waals surface area contributed by atoms with Crippen LogP contribution in [0.15, 0.2) is 24.3 Å². The van der Waals surface area contributed by atoms with Crippen molar-refractivity contribution in [1.82, 2.24) is 14.3 Å². The molecule has 1 atom stereocenters. The molecule has 6 nitrogen and oxygen atoms in total. The number of amides is 1. The topological polar surface area (TPSA) is 78.5 Å². The van der Waals surface area contributed by atoms with E-state index < -0.39 is 16.3 Å². The molecule has 21 heavy (non-hydrogen) atoms. The first-order valence-electron chi connectivity index (χ1n) is 7.18. The molecule has 3 rings (SSSR count). The minimum absolute atomic E-state index is 0.234. The molecule has 114 valence electrons. The summed E-state index contributed by atoms with van der Waals surface area (Å²) in [5, 5.41) is 2.69. The van der Waals surface area contributed by atoms with E-state index in [-0.39, 0.29) is 5.91 Å². The lowest BCUT2D eigenvalue weighted by molar-refractivity contribution is -0.124. The minimum atomic E-state index is -3.64. The van der Waals surface area contributed by atoms with Gasteiger partial charge in [0.15, 0.2) is 0 Å². The van der Waals surface area contributed by atoms with Crippen LogP contribution in [-0.4, -0.2) is 37.8 Å². The summed E-state index contributed by atoms with van der Waals surface area (Å²) >= 11 is 0. The second-order valence-corrected chi connectivity index (χ2v) is 7.16. The predicted octanol–water partition coefficient (Wildman–Crippen LogP) is 0.158. The van der Waals surface area contributed by atoms with Gasteiger partial charge in [-0.2, -0.15) is 17.4 Å². The Morgan fingerprint density at radius 2 is 2.00 bits per heavy atom. The van der Waals surface area contributed by atoms with Crippen LogP contribution in [0.4, 0.5) is 0 Å². The number of fused-ring (bicyclic) bond motifs is 1. The van der Waals surface area contributed by atoms with Gasteiger partial charge in [-0.05, 0) is 30.4 Å². The summed E-state index contributed by atoms with van der Waals surface area (Å²) in [5.41, 5.74) is 2.22. The maximum absolute atomic E-state index is 12.4. The Morgan fingerprint density at radius 3 is 2.76 bits per heavy atom. The van der Waals surface area contributed by atoms with Gasteiger partial charge in [0, 0.05) is 19.6 Å². The molecule has 0 radical (unpaired) electrons. The van der Waals surface area contributed by atoms with Crippen LogP contribution in [0.5, 0.6) is 0 Å². The van der Waals surface area contributed by atoms with Crippen molar-refractivity contribution < 1.29 is 13.2 Å². The molecule has 1 amide bonds. The normalized spacial score (nSPS) is 23.4. The molecule has 1 fully saturated rings. The molecule has 1 unspecified atom stereocenters. The smallest absolute Gasteiger partial charge is 0.280 e. The lowest BCUT2D eigenvalue weighted by Gasteiger charge is -2.30. The zero-order valence-electron chi connectivity index (χ0n) is 11.7. The van der Waals surface area contributed by atoms with Crippen molar-refractivity contribution in [1.29, 1.82) is 0 Å². The third-order valence-corrected chi connectivity index (χ3v) is 5.59. The van der Waals surface area contributed by atoms with Crippen molar-refractivity contribution in [3.05, 3.63) is 35.4 Å². The molecule has 0 spiro atoms. The van der Waals surface area contributed by atoms with Crippen LogP contribution in [0.2, 0.25) is 0 Å². The first-order chi connectivity index (χ1) is 10.1. The van der Waals surface area contributed by atoms with E-state index >= 15 is 0 Å². The van der Waals surface area contributed by atoms with Crippen LogP contribution >= 0.6 is 0 Å². The van der Waals surface area contributed by atoms with E-state index in [4.69, 9.17) is 0 Å². The highest BCUT2D eigenvalue weighted by molar-refractivity contribution is 7.87. The highest BCUT2D eigenvalue weighted by Gasteiger charge is 2.32. The predicted molar refractivity (Wildman–Crippen MR) is 78.6 cm³/mol. The second kappa shape index (κ2) is 5.75. The third kappa shape index (κ3) is 3.09. The van der Waals surface area contributed by atoms with Gasteiger partial charge in [-0.1, -0.05) is 24.3 Å². The Morgan fingerprint density at radius 1 is 1.24 bits per heavy atom. The Labute approximate surface area is 124 Å². The van der Waals surface area contributed by atoms with Crippen LogP contribution in [0.25, 0.3) is 0 Å². The number of benzene rings is 1. The van der Waals surface area contributed by atoms with Crippen molar-refractivity contribution in [2.24, 2.45) is 0 Å². The Bertz CT molecular complexity index is 645. The average Bonchev–Trinajstić information content (AvgIpc) is 2.49. The standard InChI is InChI=1S/C14H19N3O3S/c18-14-13(6-3-8-15-14)16-21(19,20)17-9-7-11-4-1-2-5-12(11)10-17/h1-2,4-5,13,16H,3,6-10H2,(H,15,18). The van der Waals surface area contributed by atoms with E-state index in [9.17, 15) is 13.2 Å². The molecule has 7 heteroatoms. The molecule has 2 N–H and O–H groups in total. The quantitative estimate of drug-likeness (QED) is 0.835. The summed E-state index contributed by atoms with van der Waals surface area (Å²) in [6, 6.07) is 7.21. The lowest BCUT2D eigenvalue weighted by Crippen LogP contribution is -2.54. The van der Waals surface area contributed by atoms with Gasteiger partial charge in [-0.25, -0.2) is 0 Å².